The second kappa shape index (κ2) is 66.4. The van der Waals surface area contributed by atoms with Crippen LogP contribution in [0.2, 0.25) is 0 Å². The molecule has 6 nitrogen and oxygen atoms in total. The van der Waals surface area contributed by atoms with Gasteiger partial charge in [0.1, 0.15) is 13.2 Å². The van der Waals surface area contributed by atoms with Gasteiger partial charge in [-0.3, -0.25) is 14.4 Å². The van der Waals surface area contributed by atoms with Crippen molar-refractivity contribution in [3.05, 3.63) is 72.9 Å². The highest BCUT2D eigenvalue weighted by Crippen LogP contribution is 2.18. The number of ether oxygens (including phenoxy) is 3. The Kier molecular flexibility index (Phi) is 63.7. The van der Waals surface area contributed by atoms with Crippen molar-refractivity contribution in [1.82, 2.24) is 0 Å². The molecule has 1 unspecified atom stereocenters. The number of carbonyl (C=O) groups excluding carboxylic acids is 3. The Morgan fingerprint density at radius 3 is 0.782 bits per heavy atom. The lowest BCUT2D eigenvalue weighted by atomic mass is 10.0. The number of hydrogen-bond donors (Lipinski definition) is 0. The number of hydrogen-bond acceptors (Lipinski definition) is 6. The van der Waals surface area contributed by atoms with Gasteiger partial charge in [0, 0.05) is 19.3 Å². The minimum absolute atomic E-state index is 0.0724. The monoisotopic (exact) mass is 1090 g/mol. The Morgan fingerprint density at radius 2 is 0.500 bits per heavy atom. The van der Waals surface area contributed by atoms with Crippen LogP contribution in [0.25, 0.3) is 0 Å². The standard InChI is InChI=1S/C72H128O6/c1-4-7-10-13-16-19-22-25-28-30-32-33-34-35-36-37-38-39-41-42-44-47-50-53-56-59-62-65-71(74)77-68-69(67-76-70(73)64-61-58-55-52-49-46-27-24-21-18-15-12-9-6-3)78-72(75)66-63-60-57-54-51-48-45-43-40-31-29-26-23-20-17-14-11-8-5-2/h7,10,16,19,25,28,32-33,35-36,38-39,69H,4-6,8-9,11-15,17-18,20-24,26-27,29-31,34,37,40-68H2,1-3H3/b10-7-,19-16-,28-25-,33-32-,36-35-,39-38-. The fraction of sp³-hybridized carbons (Fsp3) is 0.792. The third-order valence-corrected chi connectivity index (χ3v) is 15.0. The molecule has 0 aromatic carbocycles. The van der Waals surface area contributed by atoms with Crippen LogP contribution in [-0.4, -0.2) is 37.2 Å². The molecule has 0 fully saturated rings. The molecule has 1 atom stereocenters. The number of esters is 3. The van der Waals surface area contributed by atoms with Crippen molar-refractivity contribution < 1.29 is 28.6 Å². The molecule has 0 saturated heterocycles. The van der Waals surface area contributed by atoms with Crippen molar-refractivity contribution in [3.63, 3.8) is 0 Å². The van der Waals surface area contributed by atoms with E-state index in [-0.39, 0.29) is 31.1 Å². The molecule has 0 saturated carbocycles. The lowest BCUT2D eigenvalue weighted by Gasteiger charge is -2.18. The smallest absolute Gasteiger partial charge is 0.306 e. The van der Waals surface area contributed by atoms with Crippen LogP contribution >= 0.6 is 0 Å². The van der Waals surface area contributed by atoms with Gasteiger partial charge in [0.05, 0.1) is 0 Å². The average Bonchev–Trinajstić information content (AvgIpc) is 3.44. The maximum atomic E-state index is 12.9. The first-order valence-corrected chi connectivity index (χ1v) is 33.9. The second-order valence-corrected chi connectivity index (χ2v) is 22.7. The van der Waals surface area contributed by atoms with Crippen LogP contribution in [0.5, 0.6) is 0 Å². The number of allylic oxidation sites excluding steroid dienone is 12. The van der Waals surface area contributed by atoms with Crippen LogP contribution < -0.4 is 0 Å². The SMILES string of the molecule is CC/C=C\C/C=C\C/C=C\C/C=C\C/C=C\C/C=C\CCCCCCCCCCC(=O)OCC(COC(=O)CCCCCCCCCCCCCCCC)OC(=O)CCCCCCCCCCCCCCCCCCCCC. The first-order valence-electron chi connectivity index (χ1n) is 33.9. The maximum absolute atomic E-state index is 12.9. The van der Waals surface area contributed by atoms with Crippen molar-refractivity contribution in [2.75, 3.05) is 13.2 Å². The van der Waals surface area contributed by atoms with Gasteiger partial charge in [0.25, 0.3) is 0 Å². The van der Waals surface area contributed by atoms with E-state index in [0.29, 0.717) is 19.3 Å². The Morgan fingerprint density at radius 1 is 0.269 bits per heavy atom. The van der Waals surface area contributed by atoms with Gasteiger partial charge in [-0.15, -0.1) is 0 Å². The van der Waals surface area contributed by atoms with Crippen LogP contribution in [0.4, 0.5) is 0 Å². The van der Waals surface area contributed by atoms with E-state index < -0.39 is 6.10 Å². The summed E-state index contributed by atoms with van der Waals surface area (Å²) in [5.74, 6) is -0.859. The second-order valence-electron chi connectivity index (χ2n) is 22.7. The largest absolute Gasteiger partial charge is 0.462 e. The van der Waals surface area contributed by atoms with Crippen molar-refractivity contribution in [2.24, 2.45) is 0 Å². The molecular formula is C72H128O6. The zero-order chi connectivity index (χ0) is 56.4. The molecule has 0 rings (SSSR count). The summed E-state index contributed by atoms with van der Waals surface area (Å²) >= 11 is 0. The minimum atomic E-state index is -0.776. The summed E-state index contributed by atoms with van der Waals surface area (Å²) in [5.41, 5.74) is 0. The topological polar surface area (TPSA) is 78.9 Å². The van der Waals surface area contributed by atoms with E-state index in [2.05, 4.69) is 93.7 Å². The lowest BCUT2D eigenvalue weighted by molar-refractivity contribution is -0.167. The van der Waals surface area contributed by atoms with Gasteiger partial charge in [-0.2, -0.15) is 0 Å². The molecule has 0 bridgehead atoms. The normalized spacial score (nSPS) is 12.5. The summed E-state index contributed by atoms with van der Waals surface area (Å²) in [5, 5.41) is 0. The molecule has 0 amide bonds. The number of carbonyl (C=O) groups is 3. The summed E-state index contributed by atoms with van der Waals surface area (Å²) in [6, 6.07) is 0. The highest BCUT2D eigenvalue weighted by molar-refractivity contribution is 5.71. The maximum Gasteiger partial charge on any atom is 0.306 e. The third kappa shape index (κ3) is 63.7. The van der Waals surface area contributed by atoms with E-state index in [1.165, 1.54) is 205 Å². The lowest BCUT2D eigenvalue weighted by Crippen LogP contribution is -2.30. The van der Waals surface area contributed by atoms with E-state index in [1.54, 1.807) is 0 Å². The first-order chi connectivity index (χ1) is 38.5. The third-order valence-electron chi connectivity index (χ3n) is 15.0. The van der Waals surface area contributed by atoms with Gasteiger partial charge in [-0.25, -0.2) is 0 Å². The van der Waals surface area contributed by atoms with Crippen LogP contribution in [0.15, 0.2) is 72.9 Å². The predicted molar refractivity (Wildman–Crippen MR) is 339 cm³/mol. The van der Waals surface area contributed by atoms with Crippen molar-refractivity contribution in [3.8, 4) is 0 Å². The molecule has 0 radical (unpaired) electrons. The highest BCUT2D eigenvalue weighted by Gasteiger charge is 2.19. The van der Waals surface area contributed by atoms with Gasteiger partial charge in [0.15, 0.2) is 6.10 Å². The van der Waals surface area contributed by atoms with Crippen LogP contribution in [-0.2, 0) is 28.6 Å². The molecule has 0 spiro atoms. The van der Waals surface area contributed by atoms with Crippen LogP contribution in [0.1, 0.15) is 348 Å². The molecular weight excluding hydrogens is 961 g/mol. The molecule has 0 N–H and O–H groups in total. The fourth-order valence-electron chi connectivity index (χ4n) is 9.92. The van der Waals surface area contributed by atoms with E-state index in [0.717, 1.165) is 103 Å². The van der Waals surface area contributed by atoms with Gasteiger partial charge < -0.3 is 14.2 Å². The minimum Gasteiger partial charge on any atom is -0.462 e. The summed E-state index contributed by atoms with van der Waals surface area (Å²) in [7, 11) is 0. The van der Waals surface area contributed by atoms with E-state index in [9.17, 15) is 14.4 Å². The quantitative estimate of drug-likeness (QED) is 0.0261. The highest BCUT2D eigenvalue weighted by atomic mass is 16.6. The van der Waals surface area contributed by atoms with Crippen molar-refractivity contribution in [1.29, 1.82) is 0 Å². The van der Waals surface area contributed by atoms with E-state index in [4.69, 9.17) is 14.2 Å². The zero-order valence-electron chi connectivity index (χ0n) is 51.9. The van der Waals surface area contributed by atoms with Gasteiger partial charge in [-0.05, 0) is 70.6 Å². The van der Waals surface area contributed by atoms with Crippen LogP contribution in [0.3, 0.4) is 0 Å². The summed E-state index contributed by atoms with van der Waals surface area (Å²) in [4.78, 5) is 38.4. The Hall–Kier alpha value is -3.15. The molecule has 0 aliphatic carbocycles. The van der Waals surface area contributed by atoms with Crippen LogP contribution in [0, 0.1) is 0 Å². The van der Waals surface area contributed by atoms with Crippen molar-refractivity contribution in [2.45, 2.75) is 354 Å². The van der Waals surface area contributed by atoms with Gasteiger partial charge in [0.2, 0.25) is 0 Å². The molecule has 0 aliphatic heterocycles. The van der Waals surface area contributed by atoms with Gasteiger partial charge in [-0.1, -0.05) is 331 Å². The van der Waals surface area contributed by atoms with E-state index >= 15 is 0 Å². The molecule has 0 aliphatic rings. The van der Waals surface area contributed by atoms with E-state index in [1.807, 2.05) is 0 Å². The number of unbranched alkanes of at least 4 members (excludes halogenated alkanes) is 39. The first kappa shape index (κ1) is 74.8. The molecule has 6 heteroatoms. The fourth-order valence-corrected chi connectivity index (χ4v) is 9.92. The molecule has 0 aromatic rings. The van der Waals surface area contributed by atoms with Crippen molar-refractivity contribution >= 4 is 17.9 Å². The molecule has 78 heavy (non-hydrogen) atoms. The average molecular weight is 1090 g/mol. The Labute approximate surface area is 484 Å². The Balaban J connectivity index is 4.31. The zero-order valence-corrected chi connectivity index (χ0v) is 51.9. The summed E-state index contributed by atoms with van der Waals surface area (Å²) in [6.45, 7) is 6.58. The van der Waals surface area contributed by atoms with Gasteiger partial charge >= 0.3 is 17.9 Å². The number of rotatable bonds is 62. The summed E-state index contributed by atoms with van der Waals surface area (Å²) in [6.07, 6.45) is 86.3. The predicted octanol–water partition coefficient (Wildman–Crippen LogP) is 23.3. The molecule has 0 aromatic heterocycles. The molecule has 452 valence electrons. The summed E-state index contributed by atoms with van der Waals surface area (Å²) < 4.78 is 17.0. The Bertz CT molecular complexity index is 1440. The molecule has 0 heterocycles.